The zero-order valence-electron chi connectivity index (χ0n) is 11.5. The molecule has 0 aliphatic carbocycles. The van der Waals surface area contributed by atoms with Crippen molar-refractivity contribution in [3.05, 3.63) is 47.1 Å². The molecule has 2 heterocycles. The Balaban J connectivity index is 1.73. The first-order valence-corrected chi connectivity index (χ1v) is 7.76. The maximum atomic E-state index is 12.9. The van der Waals surface area contributed by atoms with Gasteiger partial charge in [-0.1, -0.05) is 12.1 Å². The molecule has 1 atom stereocenters. The average Bonchev–Trinajstić information content (AvgIpc) is 3.09. The molecule has 1 fully saturated rings. The maximum Gasteiger partial charge on any atom is 0.320 e. The quantitative estimate of drug-likeness (QED) is 0.938. The zero-order chi connectivity index (χ0) is 14.8. The van der Waals surface area contributed by atoms with E-state index < -0.39 is 5.97 Å². The van der Waals surface area contributed by atoms with Gasteiger partial charge in [-0.15, -0.1) is 11.3 Å². The first-order valence-electron chi connectivity index (χ1n) is 6.95. The Morgan fingerprint density at radius 1 is 1.29 bits per heavy atom. The lowest BCUT2D eigenvalue weighted by Gasteiger charge is -2.19. The summed E-state index contributed by atoms with van der Waals surface area (Å²) in [5.41, 5.74) is 0.990. The third kappa shape index (κ3) is 3.14. The lowest BCUT2D eigenvalue weighted by Crippen LogP contribution is -2.35. The van der Waals surface area contributed by atoms with Gasteiger partial charge in [-0.25, -0.2) is 4.39 Å². The Kier molecular flexibility index (Phi) is 4.03. The molecule has 0 unspecified atom stereocenters. The summed E-state index contributed by atoms with van der Waals surface area (Å²) in [7, 11) is 0. The highest BCUT2D eigenvalue weighted by Crippen LogP contribution is 2.30. The van der Waals surface area contributed by atoms with Crippen molar-refractivity contribution in [2.45, 2.75) is 25.4 Å². The molecule has 0 saturated carbocycles. The van der Waals surface area contributed by atoms with E-state index in [4.69, 9.17) is 0 Å². The number of benzene rings is 1. The van der Waals surface area contributed by atoms with Crippen LogP contribution in [0.2, 0.25) is 0 Å². The van der Waals surface area contributed by atoms with Gasteiger partial charge in [0.25, 0.3) is 0 Å². The van der Waals surface area contributed by atoms with Crippen LogP contribution in [-0.4, -0.2) is 28.6 Å². The van der Waals surface area contributed by atoms with Gasteiger partial charge in [0.05, 0.1) is 0 Å². The second-order valence-electron chi connectivity index (χ2n) is 5.24. The van der Waals surface area contributed by atoms with Crippen LogP contribution in [0.5, 0.6) is 0 Å². The van der Waals surface area contributed by atoms with Gasteiger partial charge in [0.1, 0.15) is 11.9 Å². The number of nitrogens with zero attached hydrogens (tertiary/aromatic N) is 1. The number of hydrogen-bond acceptors (Lipinski definition) is 3. The molecule has 1 aromatic heterocycles. The van der Waals surface area contributed by atoms with Crippen LogP contribution in [-0.2, 0) is 11.3 Å². The summed E-state index contributed by atoms with van der Waals surface area (Å²) in [5, 5.41) is 9.20. The van der Waals surface area contributed by atoms with Crippen molar-refractivity contribution < 1.29 is 14.3 Å². The smallest absolute Gasteiger partial charge is 0.320 e. The van der Waals surface area contributed by atoms with Crippen molar-refractivity contribution in [1.82, 2.24) is 4.90 Å². The fourth-order valence-electron chi connectivity index (χ4n) is 2.73. The normalized spacial score (nSPS) is 19.0. The van der Waals surface area contributed by atoms with Crippen molar-refractivity contribution in [1.29, 1.82) is 0 Å². The highest BCUT2D eigenvalue weighted by molar-refractivity contribution is 7.15. The minimum Gasteiger partial charge on any atom is -0.480 e. The molecule has 1 aliphatic rings. The molecule has 3 rings (SSSR count). The van der Waals surface area contributed by atoms with Crippen LogP contribution in [0, 0.1) is 5.82 Å². The number of aliphatic carboxylic acids is 1. The summed E-state index contributed by atoms with van der Waals surface area (Å²) >= 11 is 1.64. The summed E-state index contributed by atoms with van der Waals surface area (Å²) in [6, 6.07) is 10.1. The zero-order valence-corrected chi connectivity index (χ0v) is 12.3. The Labute approximate surface area is 126 Å². The number of likely N-dealkylation sites (tertiary alicyclic amines) is 1. The van der Waals surface area contributed by atoms with E-state index >= 15 is 0 Å². The van der Waals surface area contributed by atoms with E-state index in [2.05, 4.69) is 0 Å². The van der Waals surface area contributed by atoms with Crippen molar-refractivity contribution in [2.24, 2.45) is 0 Å². The number of carboxylic acid groups (broad SMARTS) is 1. The van der Waals surface area contributed by atoms with E-state index in [1.165, 1.54) is 12.1 Å². The molecule has 5 heteroatoms. The minimum atomic E-state index is -0.734. The van der Waals surface area contributed by atoms with E-state index in [9.17, 15) is 14.3 Å². The molecular weight excluding hydrogens is 289 g/mol. The number of carboxylic acids is 1. The lowest BCUT2D eigenvalue weighted by atomic mass is 10.2. The third-order valence-electron chi connectivity index (χ3n) is 3.80. The van der Waals surface area contributed by atoms with Crippen LogP contribution in [0.3, 0.4) is 0 Å². The van der Waals surface area contributed by atoms with Gasteiger partial charge >= 0.3 is 5.97 Å². The van der Waals surface area contributed by atoms with Crippen LogP contribution in [0.1, 0.15) is 17.7 Å². The third-order valence-corrected chi connectivity index (χ3v) is 4.92. The highest BCUT2D eigenvalue weighted by atomic mass is 32.1. The number of rotatable bonds is 4. The Hall–Kier alpha value is -1.72. The van der Waals surface area contributed by atoms with E-state index in [0.717, 1.165) is 34.7 Å². The molecule has 0 radical (unpaired) electrons. The number of thiophene rings is 1. The number of hydrogen-bond donors (Lipinski definition) is 1. The molecule has 0 bridgehead atoms. The van der Waals surface area contributed by atoms with E-state index in [1.54, 1.807) is 23.5 Å². The molecule has 110 valence electrons. The topological polar surface area (TPSA) is 40.5 Å². The van der Waals surface area contributed by atoms with Crippen LogP contribution >= 0.6 is 11.3 Å². The molecule has 1 aromatic carbocycles. The largest absolute Gasteiger partial charge is 0.480 e. The Morgan fingerprint density at radius 2 is 2.05 bits per heavy atom. The fourth-order valence-corrected chi connectivity index (χ4v) is 3.77. The minimum absolute atomic E-state index is 0.239. The van der Waals surface area contributed by atoms with Crippen LogP contribution in [0.4, 0.5) is 4.39 Å². The van der Waals surface area contributed by atoms with E-state index in [0.29, 0.717) is 6.54 Å². The van der Waals surface area contributed by atoms with Gasteiger partial charge < -0.3 is 5.11 Å². The highest BCUT2D eigenvalue weighted by Gasteiger charge is 2.30. The number of carbonyl (C=O) groups is 1. The summed E-state index contributed by atoms with van der Waals surface area (Å²) < 4.78 is 12.9. The summed E-state index contributed by atoms with van der Waals surface area (Å²) in [4.78, 5) is 15.4. The van der Waals surface area contributed by atoms with Crippen molar-refractivity contribution >= 4 is 17.3 Å². The first-order chi connectivity index (χ1) is 10.1. The van der Waals surface area contributed by atoms with Gasteiger partial charge in [0.15, 0.2) is 0 Å². The molecule has 21 heavy (non-hydrogen) atoms. The molecular formula is C16H16FNO2S. The second-order valence-corrected chi connectivity index (χ2v) is 6.41. The SMILES string of the molecule is O=C(O)[C@H]1CCCN1Cc1ccc(-c2ccc(F)cc2)s1. The van der Waals surface area contributed by atoms with Gasteiger partial charge in [-0.05, 0) is 49.2 Å². The molecule has 1 saturated heterocycles. The van der Waals surface area contributed by atoms with Crippen LogP contribution < -0.4 is 0 Å². The van der Waals surface area contributed by atoms with Crippen molar-refractivity contribution in [3.63, 3.8) is 0 Å². The summed E-state index contributed by atoms with van der Waals surface area (Å²) in [5.74, 6) is -0.972. The molecule has 0 spiro atoms. The summed E-state index contributed by atoms with van der Waals surface area (Å²) in [6.45, 7) is 1.50. The molecule has 1 N–H and O–H groups in total. The molecule has 3 nitrogen and oxygen atoms in total. The predicted molar refractivity (Wildman–Crippen MR) is 80.8 cm³/mol. The fraction of sp³-hybridized carbons (Fsp3) is 0.312. The predicted octanol–water partition coefficient (Wildman–Crippen LogP) is 3.60. The van der Waals surface area contributed by atoms with Crippen LogP contribution in [0.15, 0.2) is 36.4 Å². The number of halogens is 1. The molecule has 0 amide bonds. The first kappa shape index (κ1) is 14.2. The van der Waals surface area contributed by atoms with Gasteiger partial charge in [-0.3, -0.25) is 9.69 Å². The average molecular weight is 305 g/mol. The Morgan fingerprint density at radius 3 is 2.76 bits per heavy atom. The van der Waals surface area contributed by atoms with Crippen molar-refractivity contribution in [3.8, 4) is 10.4 Å². The van der Waals surface area contributed by atoms with E-state index in [-0.39, 0.29) is 11.9 Å². The van der Waals surface area contributed by atoms with Gasteiger partial charge in [-0.2, -0.15) is 0 Å². The lowest BCUT2D eigenvalue weighted by molar-refractivity contribution is -0.142. The maximum absolute atomic E-state index is 12.9. The molecule has 1 aliphatic heterocycles. The van der Waals surface area contributed by atoms with Crippen LogP contribution in [0.25, 0.3) is 10.4 Å². The van der Waals surface area contributed by atoms with E-state index in [1.807, 2.05) is 17.0 Å². The monoisotopic (exact) mass is 305 g/mol. The van der Waals surface area contributed by atoms with Crippen molar-refractivity contribution in [2.75, 3.05) is 6.54 Å². The standard InChI is InChI=1S/C16H16FNO2S/c17-12-5-3-11(4-6-12)15-8-7-13(21-15)10-18-9-1-2-14(18)16(19)20/h3-8,14H,1-2,9-10H2,(H,19,20)/t14-/m1/s1. The summed E-state index contributed by atoms with van der Waals surface area (Å²) in [6.07, 6.45) is 1.67. The van der Waals surface area contributed by atoms with Gasteiger partial charge in [0.2, 0.25) is 0 Å². The Bertz CT molecular complexity index is 638. The molecule has 2 aromatic rings. The van der Waals surface area contributed by atoms with Gasteiger partial charge in [0, 0.05) is 16.3 Å². The second kappa shape index (κ2) is 5.95.